The first-order valence-electron chi connectivity index (χ1n) is 13.9. The van der Waals surface area contributed by atoms with E-state index in [9.17, 15) is 4.79 Å². The Morgan fingerprint density at radius 2 is 1.86 bits per heavy atom. The van der Waals surface area contributed by atoms with Crippen LogP contribution in [0, 0.1) is 5.92 Å². The van der Waals surface area contributed by atoms with E-state index in [1.807, 2.05) is 13.3 Å². The zero-order valence-electron chi connectivity index (χ0n) is 21.4. The van der Waals surface area contributed by atoms with Gasteiger partial charge in [0.1, 0.15) is 11.6 Å². The summed E-state index contributed by atoms with van der Waals surface area (Å²) in [7, 11) is 0. The number of hydrogen-bond donors (Lipinski definition) is 1. The van der Waals surface area contributed by atoms with Crippen LogP contribution in [0.1, 0.15) is 56.6 Å². The first-order valence-corrected chi connectivity index (χ1v) is 13.9. The zero-order chi connectivity index (χ0) is 24.9. The number of carbonyl (C=O) groups excluding carboxylic acids is 1. The van der Waals surface area contributed by atoms with Crippen molar-refractivity contribution in [1.29, 1.82) is 0 Å². The van der Waals surface area contributed by atoms with Crippen molar-refractivity contribution in [3.05, 3.63) is 42.2 Å². The topological polar surface area (TPSA) is 81.5 Å². The van der Waals surface area contributed by atoms with E-state index in [2.05, 4.69) is 45.1 Å². The molecular weight excluding hydrogens is 466 g/mol. The number of nitrogens with one attached hydrogen (secondary N) is 1. The fourth-order valence-electron chi connectivity index (χ4n) is 6.07. The molecule has 7 rings (SSSR count). The molecule has 0 radical (unpaired) electrons. The first-order chi connectivity index (χ1) is 18.1. The minimum atomic E-state index is -0.118. The lowest BCUT2D eigenvalue weighted by Gasteiger charge is -2.41. The number of hydrogen-bond acceptors (Lipinski definition) is 6. The van der Waals surface area contributed by atoms with Crippen LogP contribution in [0.3, 0.4) is 0 Å². The average Bonchev–Trinajstić information content (AvgIpc) is 3.48. The molecule has 8 nitrogen and oxygen atoms in total. The van der Waals surface area contributed by atoms with Gasteiger partial charge in [-0.05, 0) is 63.2 Å². The van der Waals surface area contributed by atoms with E-state index in [1.54, 1.807) is 0 Å². The SMILES string of the molecule is C[C@@H](Oc1nc(-c2ccc(C3CCN(C4COC4)CC3)cc2)cc2ncn(C3CC3)c12)C1CNC(=O)C1. The minimum Gasteiger partial charge on any atom is -0.473 e. The van der Waals surface area contributed by atoms with Crippen molar-refractivity contribution in [3.8, 4) is 17.1 Å². The van der Waals surface area contributed by atoms with E-state index in [4.69, 9.17) is 19.4 Å². The summed E-state index contributed by atoms with van der Waals surface area (Å²) in [6.45, 7) is 6.80. The van der Waals surface area contributed by atoms with Gasteiger partial charge in [-0.25, -0.2) is 9.97 Å². The summed E-state index contributed by atoms with van der Waals surface area (Å²) in [5.74, 6) is 1.48. The van der Waals surface area contributed by atoms with E-state index in [0.29, 0.717) is 36.8 Å². The summed E-state index contributed by atoms with van der Waals surface area (Å²) < 4.78 is 14.1. The zero-order valence-corrected chi connectivity index (χ0v) is 21.4. The Balaban J connectivity index is 1.13. The second-order valence-electron chi connectivity index (χ2n) is 11.3. The number of likely N-dealkylation sites (tertiary alicyclic amines) is 1. The van der Waals surface area contributed by atoms with E-state index in [-0.39, 0.29) is 17.9 Å². The minimum absolute atomic E-state index is 0.0955. The van der Waals surface area contributed by atoms with E-state index in [0.717, 1.165) is 61.4 Å². The van der Waals surface area contributed by atoms with E-state index in [1.165, 1.54) is 18.4 Å². The maximum absolute atomic E-state index is 11.8. The highest BCUT2D eigenvalue weighted by Crippen LogP contribution is 2.40. The second-order valence-corrected chi connectivity index (χ2v) is 11.3. The molecule has 1 saturated carbocycles. The van der Waals surface area contributed by atoms with Crippen LogP contribution in [-0.4, -0.2) is 70.3 Å². The number of piperidine rings is 1. The Morgan fingerprint density at radius 3 is 2.51 bits per heavy atom. The Bertz CT molecular complexity index is 1290. The van der Waals surface area contributed by atoms with Gasteiger partial charge in [0, 0.05) is 30.5 Å². The number of amides is 1. The Morgan fingerprint density at radius 1 is 1.08 bits per heavy atom. The molecule has 2 aromatic heterocycles. The number of benzene rings is 1. The van der Waals surface area contributed by atoms with Gasteiger partial charge in [-0.1, -0.05) is 24.3 Å². The standard InChI is InChI=1S/C29H35N5O3/c1-18(22-12-27(35)30-14-22)37-29-28-26(31-17-34(28)23-6-7-23)13-25(32-29)21-4-2-19(3-5-21)20-8-10-33(11-9-20)24-15-36-16-24/h2-5,13,17-18,20,22-24H,6-12,14-16H2,1H3,(H,30,35)/t18-,22?/m1/s1. The predicted octanol–water partition coefficient (Wildman–Crippen LogP) is 3.91. The molecule has 2 atom stereocenters. The van der Waals surface area contributed by atoms with Crippen LogP contribution in [0.25, 0.3) is 22.3 Å². The molecule has 0 bridgehead atoms. The van der Waals surface area contributed by atoms with Crippen LogP contribution in [-0.2, 0) is 9.53 Å². The van der Waals surface area contributed by atoms with Gasteiger partial charge in [0.15, 0.2) is 0 Å². The van der Waals surface area contributed by atoms with Crippen molar-refractivity contribution in [3.63, 3.8) is 0 Å². The van der Waals surface area contributed by atoms with Gasteiger partial charge in [-0.15, -0.1) is 0 Å². The van der Waals surface area contributed by atoms with E-state index >= 15 is 0 Å². The van der Waals surface area contributed by atoms with Crippen LogP contribution >= 0.6 is 0 Å². The average molecular weight is 502 g/mol. The summed E-state index contributed by atoms with van der Waals surface area (Å²) in [5.41, 5.74) is 5.25. The highest BCUT2D eigenvalue weighted by molar-refractivity contribution is 5.85. The monoisotopic (exact) mass is 501 g/mol. The van der Waals surface area contributed by atoms with Crippen LogP contribution in [0.15, 0.2) is 36.7 Å². The molecule has 8 heteroatoms. The number of nitrogens with zero attached hydrogens (tertiary/aromatic N) is 4. The maximum atomic E-state index is 11.8. The molecule has 194 valence electrons. The third-order valence-electron chi connectivity index (χ3n) is 8.77. The summed E-state index contributed by atoms with van der Waals surface area (Å²) in [6.07, 6.45) is 7.04. The van der Waals surface area contributed by atoms with Crippen molar-refractivity contribution in [2.24, 2.45) is 5.92 Å². The number of rotatable bonds is 7. The molecule has 5 heterocycles. The lowest BCUT2D eigenvalue weighted by atomic mass is 9.88. The second kappa shape index (κ2) is 9.40. The predicted molar refractivity (Wildman–Crippen MR) is 141 cm³/mol. The van der Waals surface area contributed by atoms with Crippen LogP contribution in [0.5, 0.6) is 5.88 Å². The molecule has 1 aromatic carbocycles. The van der Waals surface area contributed by atoms with E-state index < -0.39 is 0 Å². The van der Waals surface area contributed by atoms with Crippen molar-refractivity contribution in [2.75, 3.05) is 32.8 Å². The van der Waals surface area contributed by atoms with Gasteiger partial charge in [-0.2, -0.15) is 0 Å². The molecule has 37 heavy (non-hydrogen) atoms. The summed E-state index contributed by atoms with van der Waals surface area (Å²) in [5, 5.41) is 2.93. The van der Waals surface area contributed by atoms with Gasteiger partial charge in [-0.3, -0.25) is 9.69 Å². The lowest BCUT2D eigenvalue weighted by molar-refractivity contribution is -0.119. The number of pyridine rings is 1. The Hall–Kier alpha value is -2.97. The summed E-state index contributed by atoms with van der Waals surface area (Å²) in [4.78, 5) is 24.1. The van der Waals surface area contributed by atoms with Crippen molar-refractivity contribution in [2.45, 2.75) is 63.1 Å². The number of ether oxygens (including phenoxy) is 2. The van der Waals surface area contributed by atoms with Crippen molar-refractivity contribution in [1.82, 2.24) is 24.8 Å². The molecule has 3 aliphatic heterocycles. The summed E-state index contributed by atoms with van der Waals surface area (Å²) >= 11 is 0. The van der Waals surface area contributed by atoms with Crippen molar-refractivity contribution >= 4 is 16.9 Å². The summed E-state index contributed by atoms with van der Waals surface area (Å²) in [6, 6.07) is 12.1. The van der Waals surface area contributed by atoms with Crippen LogP contribution < -0.4 is 10.1 Å². The molecule has 3 saturated heterocycles. The molecule has 1 aliphatic carbocycles. The van der Waals surface area contributed by atoms with Gasteiger partial charge < -0.3 is 19.4 Å². The molecular formula is C29H35N5O3. The molecule has 1 amide bonds. The third-order valence-corrected chi connectivity index (χ3v) is 8.77. The molecule has 1 N–H and O–H groups in total. The highest BCUT2D eigenvalue weighted by Gasteiger charge is 2.32. The smallest absolute Gasteiger partial charge is 0.241 e. The fraction of sp³-hybridized carbons (Fsp3) is 0.552. The molecule has 4 aliphatic rings. The lowest BCUT2D eigenvalue weighted by Crippen LogP contribution is -2.51. The number of fused-ring (bicyclic) bond motifs is 1. The highest BCUT2D eigenvalue weighted by atomic mass is 16.5. The van der Waals surface area contributed by atoms with Crippen molar-refractivity contribution < 1.29 is 14.3 Å². The normalized spacial score (nSPS) is 24.2. The molecule has 1 unspecified atom stereocenters. The molecule has 4 fully saturated rings. The van der Waals surface area contributed by atoms with Gasteiger partial charge >= 0.3 is 0 Å². The maximum Gasteiger partial charge on any atom is 0.241 e. The first kappa shape index (κ1) is 23.2. The molecule has 0 spiro atoms. The number of carbonyl (C=O) groups is 1. The Labute approximate surface area is 217 Å². The van der Waals surface area contributed by atoms with Gasteiger partial charge in [0.25, 0.3) is 0 Å². The van der Waals surface area contributed by atoms with Crippen LogP contribution in [0.4, 0.5) is 0 Å². The molecule has 3 aromatic rings. The van der Waals surface area contributed by atoms with Gasteiger partial charge in [0.05, 0.1) is 36.8 Å². The number of imidazole rings is 1. The third kappa shape index (κ3) is 4.50. The van der Waals surface area contributed by atoms with Gasteiger partial charge in [0.2, 0.25) is 11.8 Å². The number of aromatic nitrogens is 3. The fourth-order valence-corrected chi connectivity index (χ4v) is 6.07. The Kier molecular flexibility index (Phi) is 5.89. The largest absolute Gasteiger partial charge is 0.473 e. The van der Waals surface area contributed by atoms with Crippen LogP contribution in [0.2, 0.25) is 0 Å². The quantitative estimate of drug-likeness (QED) is 0.529.